The fraction of sp³-hybridized carbons (Fsp3) is 0.619. The second-order valence-corrected chi connectivity index (χ2v) is 8.34. The SMILES string of the molecule is CC(C1C=CC2=C(C1)OCC2)N1CCN(c2ncc(C3(O)CC3)cn2)CC1. The molecule has 4 aliphatic rings. The number of rotatable bonds is 4. The topological polar surface area (TPSA) is 61.7 Å². The van der Waals surface area contributed by atoms with Crippen LogP contribution in [0.5, 0.6) is 0 Å². The zero-order valence-corrected chi connectivity index (χ0v) is 16.0. The number of allylic oxidation sites excluding steroid dienone is 2. The molecule has 0 amide bonds. The highest BCUT2D eigenvalue weighted by molar-refractivity contribution is 5.34. The summed E-state index contributed by atoms with van der Waals surface area (Å²) < 4.78 is 5.80. The number of nitrogens with zero attached hydrogens (tertiary/aromatic N) is 4. The maximum absolute atomic E-state index is 10.2. The lowest BCUT2D eigenvalue weighted by molar-refractivity contribution is 0.147. The molecule has 1 N–H and O–H groups in total. The Morgan fingerprint density at radius 2 is 1.93 bits per heavy atom. The molecule has 6 nitrogen and oxygen atoms in total. The van der Waals surface area contributed by atoms with Crippen LogP contribution in [0.15, 0.2) is 35.9 Å². The molecule has 0 aromatic carbocycles. The van der Waals surface area contributed by atoms with E-state index in [-0.39, 0.29) is 0 Å². The van der Waals surface area contributed by atoms with E-state index >= 15 is 0 Å². The molecule has 3 heterocycles. The number of hydrogen-bond donors (Lipinski definition) is 1. The summed E-state index contributed by atoms with van der Waals surface area (Å²) in [7, 11) is 0. The third kappa shape index (κ3) is 3.25. The summed E-state index contributed by atoms with van der Waals surface area (Å²) >= 11 is 0. The van der Waals surface area contributed by atoms with Gasteiger partial charge in [-0.05, 0) is 31.3 Å². The largest absolute Gasteiger partial charge is 0.497 e. The van der Waals surface area contributed by atoms with Gasteiger partial charge in [0.25, 0.3) is 0 Å². The van der Waals surface area contributed by atoms with Gasteiger partial charge in [-0.15, -0.1) is 0 Å². The number of ether oxygens (including phenoxy) is 1. The van der Waals surface area contributed by atoms with Crippen LogP contribution in [-0.2, 0) is 10.3 Å². The van der Waals surface area contributed by atoms with Gasteiger partial charge in [0.15, 0.2) is 0 Å². The minimum absolute atomic E-state index is 0.508. The molecule has 5 rings (SSSR count). The predicted molar refractivity (Wildman–Crippen MR) is 103 cm³/mol. The van der Waals surface area contributed by atoms with E-state index in [1.165, 1.54) is 11.3 Å². The summed E-state index contributed by atoms with van der Waals surface area (Å²) in [5.74, 6) is 2.53. The van der Waals surface area contributed by atoms with Gasteiger partial charge in [0, 0.05) is 63.0 Å². The van der Waals surface area contributed by atoms with Crippen molar-refractivity contribution in [1.29, 1.82) is 0 Å². The lowest BCUT2D eigenvalue weighted by atomic mass is 9.88. The number of aliphatic hydroxyl groups is 1. The molecular formula is C21H28N4O2. The fourth-order valence-corrected chi connectivity index (χ4v) is 4.47. The first-order valence-corrected chi connectivity index (χ1v) is 10.2. The van der Waals surface area contributed by atoms with Gasteiger partial charge in [-0.1, -0.05) is 12.2 Å². The summed E-state index contributed by atoms with van der Waals surface area (Å²) in [5.41, 5.74) is 1.60. The monoisotopic (exact) mass is 368 g/mol. The molecule has 0 radical (unpaired) electrons. The molecule has 2 fully saturated rings. The van der Waals surface area contributed by atoms with E-state index in [4.69, 9.17) is 4.74 Å². The molecule has 1 aromatic heterocycles. The molecule has 144 valence electrons. The van der Waals surface area contributed by atoms with E-state index in [1.807, 2.05) is 0 Å². The average Bonchev–Trinajstić information content (AvgIpc) is 3.29. The van der Waals surface area contributed by atoms with Gasteiger partial charge in [-0.3, -0.25) is 4.90 Å². The van der Waals surface area contributed by atoms with Crippen molar-refractivity contribution in [2.24, 2.45) is 5.92 Å². The van der Waals surface area contributed by atoms with E-state index in [0.29, 0.717) is 12.0 Å². The summed E-state index contributed by atoms with van der Waals surface area (Å²) in [6.07, 6.45) is 12.0. The van der Waals surface area contributed by atoms with Gasteiger partial charge in [-0.2, -0.15) is 0 Å². The van der Waals surface area contributed by atoms with E-state index in [2.05, 4.69) is 38.8 Å². The molecular weight excluding hydrogens is 340 g/mol. The van der Waals surface area contributed by atoms with Gasteiger partial charge >= 0.3 is 0 Å². The number of anilines is 1. The Labute approximate surface area is 160 Å². The van der Waals surface area contributed by atoms with Crippen LogP contribution in [0.3, 0.4) is 0 Å². The van der Waals surface area contributed by atoms with Crippen molar-refractivity contribution in [3.8, 4) is 0 Å². The molecule has 1 aromatic rings. The van der Waals surface area contributed by atoms with Crippen LogP contribution in [0.1, 0.15) is 38.2 Å². The smallest absolute Gasteiger partial charge is 0.225 e. The average molecular weight is 368 g/mol. The van der Waals surface area contributed by atoms with Gasteiger partial charge in [0.2, 0.25) is 5.95 Å². The number of hydrogen-bond acceptors (Lipinski definition) is 6. The highest BCUT2D eigenvalue weighted by Gasteiger charge is 2.42. The normalized spacial score (nSPS) is 28.1. The van der Waals surface area contributed by atoms with Gasteiger partial charge < -0.3 is 14.7 Å². The summed E-state index contributed by atoms with van der Waals surface area (Å²) in [4.78, 5) is 13.8. The number of piperazine rings is 1. The first-order chi connectivity index (χ1) is 13.1. The van der Waals surface area contributed by atoms with Crippen molar-refractivity contribution >= 4 is 5.95 Å². The molecule has 0 spiro atoms. The highest BCUT2D eigenvalue weighted by Crippen LogP contribution is 2.44. The minimum atomic E-state index is -0.654. The maximum Gasteiger partial charge on any atom is 0.225 e. The molecule has 1 saturated carbocycles. The molecule has 2 unspecified atom stereocenters. The van der Waals surface area contributed by atoms with Crippen LogP contribution >= 0.6 is 0 Å². The Bertz CT molecular complexity index is 761. The molecule has 0 bridgehead atoms. The van der Waals surface area contributed by atoms with E-state index in [1.54, 1.807) is 12.4 Å². The van der Waals surface area contributed by atoms with Crippen LogP contribution < -0.4 is 4.90 Å². The van der Waals surface area contributed by atoms with E-state index in [9.17, 15) is 5.11 Å². The Balaban J connectivity index is 1.17. The highest BCUT2D eigenvalue weighted by atomic mass is 16.5. The third-order valence-corrected chi connectivity index (χ3v) is 6.66. The zero-order chi connectivity index (χ0) is 18.4. The summed E-state index contributed by atoms with van der Waals surface area (Å²) in [6.45, 7) is 7.11. The summed E-state index contributed by atoms with van der Waals surface area (Å²) in [6, 6.07) is 0.508. The van der Waals surface area contributed by atoms with Crippen LogP contribution in [0, 0.1) is 5.92 Å². The minimum Gasteiger partial charge on any atom is -0.497 e. The van der Waals surface area contributed by atoms with Gasteiger partial charge in [0.1, 0.15) is 0 Å². The van der Waals surface area contributed by atoms with Crippen molar-refractivity contribution in [3.05, 3.63) is 41.4 Å². The fourth-order valence-electron chi connectivity index (χ4n) is 4.47. The van der Waals surface area contributed by atoms with Crippen molar-refractivity contribution in [2.75, 3.05) is 37.7 Å². The Kier molecular flexibility index (Phi) is 4.20. The molecule has 6 heteroatoms. The molecule has 27 heavy (non-hydrogen) atoms. The Hall–Kier alpha value is -1.92. The molecule has 2 aliphatic carbocycles. The lowest BCUT2D eigenvalue weighted by Crippen LogP contribution is -2.51. The first-order valence-electron chi connectivity index (χ1n) is 10.2. The predicted octanol–water partition coefficient (Wildman–Crippen LogP) is 2.22. The Morgan fingerprint density at radius 3 is 2.63 bits per heavy atom. The summed E-state index contributed by atoms with van der Waals surface area (Å²) in [5, 5.41) is 10.2. The van der Waals surface area contributed by atoms with Crippen molar-refractivity contribution in [2.45, 2.75) is 44.2 Å². The van der Waals surface area contributed by atoms with Crippen molar-refractivity contribution in [1.82, 2.24) is 14.9 Å². The second kappa shape index (κ2) is 6.60. The molecule has 1 saturated heterocycles. The third-order valence-electron chi connectivity index (χ3n) is 6.66. The molecule has 2 aliphatic heterocycles. The second-order valence-electron chi connectivity index (χ2n) is 8.34. The standard InChI is InChI=1S/C21H28N4O2/c1-15(17-3-2-16-4-11-27-19(16)12-17)24-7-9-25(10-8-24)20-22-13-18(14-23-20)21(26)5-6-21/h2-3,13-15,17,26H,4-12H2,1H3. The van der Waals surface area contributed by atoms with Crippen LogP contribution in [0.2, 0.25) is 0 Å². The van der Waals surface area contributed by atoms with E-state index < -0.39 is 5.60 Å². The molecule has 2 atom stereocenters. The van der Waals surface area contributed by atoms with Crippen molar-refractivity contribution < 1.29 is 9.84 Å². The van der Waals surface area contributed by atoms with Crippen LogP contribution in [0.4, 0.5) is 5.95 Å². The van der Waals surface area contributed by atoms with E-state index in [0.717, 1.165) is 70.0 Å². The first kappa shape index (κ1) is 17.2. The lowest BCUT2D eigenvalue weighted by Gasteiger charge is -2.40. The van der Waals surface area contributed by atoms with Crippen LogP contribution in [-0.4, -0.2) is 58.8 Å². The number of aromatic nitrogens is 2. The zero-order valence-electron chi connectivity index (χ0n) is 16.0. The van der Waals surface area contributed by atoms with Gasteiger partial charge in [0.05, 0.1) is 18.0 Å². The maximum atomic E-state index is 10.2. The van der Waals surface area contributed by atoms with Gasteiger partial charge in [-0.25, -0.2) is 9.97 Å². The van der Waals surface area contributed by atoms with Crippen molar-refractivity contribution in [3.63, 3.8) is 0 Å². The quantitative estimate of drug-likeness (QED) is 0.879. The van der Waals surface area contributed by atoms with Crippen LogP contribution in [0.25, 0.3) is 0 Å². The Morgan fingerprint density at radius 1 is 1.19 bits per heavy atom.